The number of pyridine rings is 1. The first-order valence-electron chi connectivity index (χ1n) is 8.76. The lowest BCUT2D eigenvalue weighted by Gasteiger charge is -2.17. The van der Waals surface area contributed by atoms with Gasteiger partial charge in [0, 0.05) is 18.4 Å². The van der Waals surface area contributed by atoms with E-state index in [1.807, 2.05) is 61.5 Å². The number of anilines is 1. The lowest BCUT2D eigenvalue weighted by atomic mass is 10.1. The van der Waals surface area contributed by atoms with Gasteiger partial charge in [-0.15, -0.1) is 0 Å². The van der Waals surface area contributed by atoms with E-state index in [1.54, 1.807) is 12.4 Å². The minimum atomic E-state index is -0.134. The van der Waals surface area contributed by atoms with E-state index in [4.69, 9.17) is 0 Å². The van der Waals surface area contributed by atoms with Crippen LogP contribution in [0.4, 0.5) is 5.69 Å². The minimum Gasteiger partial charge on any atom is -0.377 e. The lowest BCUT2D eigenvalue weighted by Crippen LogP contribution is -2.26. The molecule has 2 aromatic carbocycles. The summed E-state index contributed by atoms with van der Waals surface area (Å²) in [6.45, 7) is 4.06. The molecule has 0 saturated carbocycles. The number of aromatic nitrogens is 1. The fourth-order valence-electron chi connectivity index (χ4n) is 2.82. The maximum absolute atomic E-state index is 12.6. The van der Waals surface area contributed by atoms with Crippen LogP contribution in [0.15, 0.2) is 79.1 Å². The number of carbonyl (C=O) groups is 1. The smallest absolute Gasteiger partial charge is 0.253 e. The molecule has 1 amide bonds. The summed E-state index contributed by atoms with van der Waals surface area (Å²) in [6.07, 6.45) is 3.32. The Morgan fingerprint density at radius 1 is 0.846 bits per heavy atom. The molecule has 1 heterocycles. The molecule has 2 atom stereocenters. The molecule has 0 fully saturated rings. The van der Waals surface area contributed by atoms with Gasteiger partial charge < -0.3 is 10.6 Å². The van der Waals surface area contributed by atoms with E-state index in [9.17, 15) is 4.79 Å². The first-order valence-corrected chi connectivity index (χ1v) is 8.76. The van der Waals surface area contributed by atoms with Gasteiger partial charge in [0.25, 0.3) is 5.91 Å². The van der Waals surface area contributed by atoms with Crippen molar-refractivity contribution in [2.75, 3.05) is 5.32 Å². The van der Waals surface area contributed by atoms with Crippen molar-refractivity contribution in [1.82, 2.24) is 10.3 Å². The number of amides is 1. The van der Waals surface area contributed by atoms with E-state index in [0.29, 0.717) is 5.56 Å². The molecule has 0 radical (unpaired) electrons. The Morgan fingerprint density at radius 2 is 1.42 bits per heavy atom. The fourth-order valence-corrected chi connectivity index (χ4v) is 2.82. The van der Waals surface area contributed by atoms with Crippen LogP contribution in [0, 0.1) is 0 Å². The Balaban J connectivity index is 1.67. The monoisotopic (exact) mass is 345 g/mol. The summed E-state index contributed by atoms with van der Waals surface area (Å²) in [6, 6.07) is 22.0. The number of hydrogen-bond acceptors (Lipinski definition) is 3. The second-order valence-electron chi connectivity index (χ2n) is 6.34. The van der Waals surface area contributed by atoms with Crippen molar-refractivity contribution < 1.29 is 4.79 Å². The highest BCUT2D eigenvalue weighted by atomic mass is 16.1. The molecule has 132 valence electrons. The summed E-state index contributed by atoms with van der Waals surface area (Å²) >= 11 is 0. The molecule has 0 saturated heterocycles. The van der Waals surface area contributed by atoms with Crippen LogP contribution < -0.4 is 10.6 Å². The Labute approximate surface area is 154 Å². The maximum Gasteiger partial charge on any atom is 0.253 e. The van der Waals surface area contributed by atoms with Gasteiger partial charge >= 0.3 is 0 Å². The van der Waals surface area contributed by atoms with Crippen LogP contribution in [0.25, 0.3) is 0 Å². The quantitative estimate of drug-likeness (QED) is 0.678. The lowest BCUT2D eigenvalue weighted by molar-refractivity contribution is 0.0939. The minimum absolute atomic E-state index is 0.0662. The van der Waals surface area contributed by atoms with Crippen LogP contribution in [0.3, 0.4) is 0 Å². The molecular formula is C22H23N3O. The van der Waals surface area contributed by atoms with Crippen molar-refractivity contribution in [3.8, 4) is 0 Å². The van der Waals surface area contributed by atoms with Crippen LogP contribution in [0.1, 0.15) is 47.4 Å². The van der Waals surface area contributed by atoms with E-state index in [-0.39, 0.29) is 18.0 Å². The number of carbonyl (C=O) groups excluding carboxylic acids is 1. The molecule has 4 heteroatoms. The number of hydrogen-bond donors (Lipinski definition) is 2. The van der Waals surface area contributed by atoms with Crippen LogP contribution in [-0.4, -0.2) is 10.9 Å². The molecule has 3 rings (SSSR count). The van der Waals surface area contributed by atoms with Gasteiger partial charge in [-0.25, -0.2) is 0 Å². The molecule has 0 aliphatic carbocycles. The SMILES string of the molecule is CC(NC(=O)c1cncc(NC(C)c2ccccc2)c1)c1ccccc1. The highest BCUT2D eigenvalue weighted by molar-refractivity contribution is 5.95. The van der Waals surface area contributed by atoms with E-state index in [0.717, 1.165) is 11.3 Å². The molecule has 2 unspecified atom stereocenters. The molecular weight excluding hydrogens is 322 g/mol. The van der Waals surface area contributed by atoms with Crippen LogP contribution in [0.5, 0.6) is 0 Å². The molecule has 3 aromatic rings. The largest absolute Gasteiger partial charge is 0.377 e. The Kier molecular flexibility index (Phi) is 5.64. The zero-order chi connectivity index (χ0) is 18.4. The van der Waals surface area contributed by atoms with E-state index >= 15 is 0 Å². The second kappa shape index (κ2) is 8.30. The maximum atomic E-state index is 12.6. The van der Waals surface area contributed by atoms with Crippen molar-refractivity contribution in [1.29, 1.82) is 0 Å². The van der Waals surface area contributed by atoms with Gasteiger partial charge in [-0.1, -0.05) is 60.7 Å². The average Bonchev–Trinajstić information content (AvgIpc) is 2.69. The van der Waals surface area contributed by atoms with Gasteiger partial charge in [0.2, 0.25) is 0 Å². The van der Waals surface area contributed by atoms with Gasteiger partial charge in [-0.05, 0) is 31.0 Å². The van der Waals surface area contributed by atoms with Gasteiger partial charge in [-0.2, -0.15) is 0 Å². The van der Waals surface area contributed by atoms with Crippen LogP contribution in [-0.2, 0) is 0 Å². The first kappa shape index (κ1) is 17.7. The molecule has 0 bridgehead atoms. The van der Waals surface area contributed by atoms with E-state index < -0.39 is 0 Å². The third-order valence-electron chi connectivity index (χ3n) is 4.33. The first-order chi connectivity index (χ1) is 12.6. The fraction of sp³-hybridized carbons (Fsp3) is 0.182. The summed E-state index contributed by atoms with van der Waals surface area (Å²) in [5.74, 6) is -0.134. The van der Waals surface area contributed by atoms with Crippen molar-refractivity contribution in [3.63, 3.8) is 0 Å². The highest BCUT2D eigenvalue weighted by Crippen LogP contribution is 2.19. The van der Waals surface area contributed by atoms with Gasteiger partial charge in [-0.3, -0.25) is 9.78 Å². The number of benzene rings is 2. The van der Waals surface area contributed by atoms with Crippen molar-refractivity contribution in [2.24, 2.45) is 0 Å². The predicted octanol–water partition coefficient (Wildman–Crippen LogP) is 4.75. The number of nitrogens with one attached hydrogen (secondary N) is 2. The topological polar surface area (TPSA) is 54.0 Å². The third-order valence-corrected chi connectivity index (χ3v) is 4.33. The van der Waals surface area contributed by atoms with Gasteiger partial charge in [0.15, 0.2) is 0 Å². The summed E-state index contributed by atoms with van der Waals surface area (Å²) in [5, 5.41) is 6.41. The Hall–Kier alpha value is -3.14. The van der Waals surface area contributed by atoms with E-state index in [2.05, 4.69) is 34.7 Å². The van der Waals surface area contributed by atoms with Crippen molar-refractivity contribution in [2.45, 2.75) is 25.9 Å². The zero-order valence-corrected chi connectivity index (χ0v) is 15.0. The van der Waals surface area contributed by atoms with Crippen LogP contribution >= 0.6 is 0 Å². The molecule has 1 aromatic heterocycles. The normalized spacial score (nSPS) is 12.8. The molecule has 0 spiro atoms. The van der Waals surface area contributed by atoms with Crippen molar-refractivity contribution in [3.05, 3.63) is 95.8 Å². The Bertz CT molecular complexity index is 850. The van der Waals surface area contributed by atoms with Crippen LogP contribution in [0.2, 0.25) is 0 Å². The molecule has 4 nitrogen and oxygen atoms in total. The summed E-state index contributed by atoms with van der Waals surface area (Å²) < 4.78 is 0. The molecule has 0 aliphatic heterocycles. The van der Waals surface area contributed by atoms with Gasteiger partial charge in [0.1, 0.15) is 0 Å². The second-order valence-corrected chi connectivity index (χ2v) is 6.34. The third kappa shape index (κ3) is 4.48. The van der Waals surface area contributed by atoms with E-state index in [1.165, 1.54) is 5.56 Å². The molecule has 0 aliphatic rings. The molecule has 2 N–H and O–H groups in total. The summed E-state index contributed by atoms with van der Waals surface area (Å²) in [7, 11) is 0. The average molecular weight is 345 g/mol. The number of nitrogens with zero attached hydrogens (tertiary/aromatic N) is 1. The predicted molar refractivity (Wildman–Crippen MR) is 105 cm³/mol. The zero-order valence-electron chi connectivity index (χ0n) is 15.0. The Morgan fingerprint density at radius 3 is 2.04 bits per heavy atom. The summed E-state index contributed by atoms with van der Waals surface area (Å²) in [5.41, 5.74) is 3.61. The van der Waals surface area contributed by atoms with Crippen molar-refractivity contribution >= 4 is 11.6 Å². The highest BCUT2D eigenvalue weighted by Gasteiger charge is 2.13. The van der Waals surface area contributed by atoms with Gasteiger partial charge in [0.05, 0.1) is 17.3 Å². The summed E-state index contributed by atoms with van der Waals surface area (Å²) in [4.78, 5) is 16.8. The standard InChI is InChI=1S/C22H23N3O/c1-16(18-9-5-3-6-10-18)24-21-13-20(14-23-15-21)22(26)25-17(2)19-11-7-4-8-12-19/h3-17,24H,1-2H3,(H,25,26). The number of rotatable bonds is 6. The molecule has 26 heavy (non-hydrogen) atoms.